The second-order valence-electron chi connectivity index (χ2n) is 8.35. The monoisotopic (exact) mass is 427 g/mol. The van der Waals surface area contributed by atoms with E-state index in [-0.39, 0.29) is 17.6 Å². The highest BCUT2D eigenvalue weighted by Crippen LogP contribution is 2.32. The Morgan fingerprint density at radius 3 is 2.25 bits per heavy atom. The molecule has 1 atom stereocenters. The maximum atomic E-state index is 14.0. The fourth-order valence-electron chi connectivity index (χ4n) is 4.78. The van der Waals surface area contributed by atoms with E-state index >= 15 is 0 Å². The van der Waals surface area contributed by atoms with Gasteiger partial charge >= 0.3 is 0 Å². The molecule has 4 nitrogen and oxygen atoms in total. The maximum absolute atomic E-state index is 14.0. The highest BCUT2D eigenvalue weighted by atomic mass is 19.1. The summed E-state index contributed by atoms with van der Waals surface area (Å²) in [7, 11) is 0. The van der Waals surface area contributed by atoms with Gasteiger partial charge in [-0.2, -0.15) is 0 Å². The third kappa shape index (κ3) is 3.80. The third-order valence-electron chi connectivity index (χ3n) is 6.37. The molecule has 162 valence electrons. The van der Waals surface area contributed by atoms with Gasteiger partial charge in [0.2, 0.25) is 0 Å². The van der Waals surface area contributed by atoms with E-state index in [0.29, 0.717) is 0 Å². The predicted octanol–water partition coefficient (Wildman–Crippen LogP) is 5.36. The molecule has 1 aliphatic rings. The molecule has 0 spiro atoms. The number of hydrogen-bond donors (Lipinski definition) is 1. The number of para-hydroxylation sites is 1. The molecule has 3 aromatic carbocycles. The Hall–Kier alpha value is -3.44. The van der Waals surface area contributed by atoms with E-state index in [9.17, 15) is 9.18 Å². The van der Waals surface area contributed by atoms with Gasteiger partial charge in [-0.25, -0.2) is 4.39 Å². The van der Waals surface area contributed by atoms with E-state index < -0.39 is 0 Å². The number of hydrogen-bond acceptors (Lipinski definition) is 3. The quantitative estimate of drug-likeness (QED) is 0.436. The van der Waals surface area contributed by atoms with Crippen molar-refractivity contribution in [1.29, 1.82) is 0 Å². The summed E-state index contributed by atoms with van der Waals surface area (Å²) in [6, 6.07) is 24.3. The first kappa shape index (κ1) is 20.5. The van der Waals surface area contributed by atoms with E-state index in [2.05, 4.69) is 14.8 Å². The van der Waals surface area contributed by atoms with E-state index in [0.717, 1.165) is 59.6 Å². The number of piperazine rings is 1. The average Bonchev–Trinajstić information content (AvgIpc) is 3.16. The van der Waals surface area contributed by atoms with Crippen molar-refractivity contribution in [2.75, 3.05) is 31.1 Å². The maximum Gasteiger partial charge on any atom is 0.186 e. The molecular formula is C27H26FN3O. The Labute approximate surface area is 187 Å². The van der Waals surface area contributed by atoms with Gasteiger partial charge in [-0.15, -0.1) is 0 Å². The van der Waals surface area contributed by atoms with Crippen LogP contribution in [-0.4, -0.2) is 41.8 Å². The Balaban J connectivity index is 1.45. The average molecular weight is 428 g/mol. The first-order valence-electron chi connectivity index (χ1n) is 11.0. The molecule has 1 N–H and O–H groups in total. The summed E-state index contributed by atoms with van der Waals surface area (Å²) in [6.07, 6.45) is 0. The lowest BCUT2D eigenvalue weighted by atomic mass is 9.93. The van der Waals surface area contributed by atoms with Crippen molar-refractivity contribution in [2.24, 2.45) is 0 Å². The second-order valence-corrected chi connectivity index (χ2v) is 8.35. The Morgan fingerprint density at radius 1 is 0.875 bits per heavy atom. The number of Topliss-reactive ketones (excluding diaryl/α,β-unsaturated/α-hetero) is 1. The van der Waals surface area contributed by atoms with Crippen LogP contribution in [0.5, 0.6) is 0 Å². The van der Waals surface area contributed by atoms with Gasteiger partial charge in [-0.05, 0) is 42.8 Å². The largest absolute Gasteiger partial charge is 0.369 e. The Morgan fingerprint density at radius 2 is 1.53 bits per heavy atom. The number of H-pyrrole nitrogens is 1. The fraction of sp³-hybridized carbons (Fsp3) is 0.222. The lowest BCUT2D eigenvalue weighted by Crippen LogP contribution is -2.49. The summed E-state index contributed by atoms with van der Waals surface area (Å²) < 4.78 is 13.3. The van der Waals surface area contributed by atoms with Crippen LogP contribution in [0, 0.1) is 12.7 Å². The number of anilines is 1. The summed E-state index contributed by atoms with van der Waals surface area (Å²) in [4.78, 5) is 21.9. The number of nitrogens with zero attached hydrogens (tertiary/aromatic N) is 2. The topological polar surface area (TPSA) is 39.3 Å². The van der Waals surface area contributed by atoms with Gasteiger partial charge in [0, 0.05) is 54.0 Å². The van der Waals surface area contributed by atoms with Crippen LogP contribution < -0.4 is 4.90 Å². The van der Waals surface area contributed by atoms with Crippen LogP contribution >= 0.6 is 0 Å². The van der Waals surface area contributed by atoms with Crippen molar-refractivity contribution >= 4 is 22.4 Å². The number of halogens is 1. The molecule has 1 saturated heterocycles. The molecular weight excluding hydrogens is 401 g/mol. The number of aryl methyl sites for hydroxylation is 1. The molecule has 0 amide bonds. The summed E-state index contributed by atoms with van der Waals surface area (Å²) in [5.41, 5.74) is 4.69. The van der Waals surface area contributed by atoms with Crippen LogP contribution in [0.15, 0.2) is 78.9 Å². The van der Waals surface area contributed by atoms with Gasteiger partial charge in [0.25, 0.3) is 0 Å². The zero-order valence-electron chi connectivity index (χ0n) is 18.1. The normalized spacial score (nSPS) is 15.8. The van der Waals surface area contributed by atoms with Gasteiger partial charge in [0.15, 0.2) is 5.78 Å². The Kier molecular flexibility index (Phi) is 5.50. The molecule has 5 heteroatoms. The zero-order chi connectivity index (χ0) is 22.1. The molecule has 1 aliphatic heterocycles. The minimum Gasteiger partial charge on any atom is -0.369 e. The van der Waals surface area contributed by atoms with Crippen LogP contribution in [0.1, 0.15) is 27.7 Å². The third-order valence-corrected chi connectivity index (χ3v) is 6.37. The first-order chi connectivity index (χ1) is 15.6. The molecule has 1 fully saturated rings. The van der Waals surface area contributed by atoms with Gasteiger partial charge in [0.05, 0.1) is 6.04 Å². The highest BCUT2D eigenvalue weighted by molar-refractivity contribution is 6.11. The molecule has 32 heavy (non-hydrogen) atoms. The smallest absolute Gasteiger partial charge is 0.186 e. The van der Waals surface area contributed by atoms with Gasteiger partial charge in [-0.1, -0.05) is 48.5 Å². The van der Waals surface area contributed by atoms with Crippen molar-refractivity contribution < 1.29 is 9.18 Å². The van der Waals surface area contributed by atoms with Crippen LogP contribution in [-0.2, 0) is 0 Å². The molecule has 5 rings (SSSR count). The van der Waals surface area contributed by atoms with Crippen molar-refractivity contribution in [2.45, 2.75) is 13.0 Å². The van der Waals surface area contributed by atoms with E-state index in [4.69, 9.17) is 0 Å². The number of carbonyl (C=O) groups is 1. The number of aromatic amines is 1. The minimum atomic E-state index is -0.343. The highest BCUT2D eigenvalue weighted by Gasteiger charge is 2.33. The van der Waals surface area contributed by atoms with Gasteiger partial charge in [0.1, 0.15) is 5.82 Å². The van der Waals surface area contributed by atoms with E-state index in [1.807, 2.05) is 73.7 Å². The number of benzene rings is 3. The number of aromatic nitrogens is 1. The van der Waals surface area contributed by atoms with Crippen LogP contribution in [0.25, 0.3) is 10.9 Å². The molecule has 4 aromatic rings. The van der Waals surface area contributed by atoms with E-state index in [1.165, 1.54) is 12.1 Å². The molecule has 0 radical (unpaired) electrons. The summed E-state index contributed by atoms with van der Waals surface area (Å²) in [6.45, 7) is 5.06. The summed E-state index contributed by atoms with van der Waals surface area (Å²) in [5, 5.41) is 0.973. The second kappa shape index (κ2) is 8.60. The fourth-order valence-corrected chi connectivity index (χ4v) is 4.78. The summed E-state index contributed by atoms with van der Waals surface area (Å²) >= 11 is 0. The molecule has 0 saturated carbocycles. The van der Waals surface area contributed by atoms with Crippen molar-refractivity contribution in [3.63, 3.8) is 0 Å². The number of nitrogens with one attached hydrogen (secondary N) is 1. The zero-order valence-corrected chi connectivity index (χ0v) is 18.1. The summed E-state index contributed by atoms with van der Waals surface area (Å²) in [5.74, 6) is -0.0994. The number of fused-ring (bicyclic) bond motifs is 1. The minimum absolute atomic E-state index is 0.126. The van der Waals surface area contributed by atoms with Crippen LogP contribution in [0.3, 0.4) is 0 Å². The van der Waals surface area contributed by atoms with E-state index in [1.54, 1.807) is 0 Å². The number of rotatable bonds is 5. The van der Waals surface area contributed by atoms with Crippen molar-refractivity contribution in [3.8, 4) is 0 Å². The van der Waals surface area contributed by atoms with Crippen LogP contribution in [0.4, 0.5) is 10.1 Å². The first-order valence-corrected chi connectivity index (χ1v) is 11.0. The molecule has 0 bridgehead atoms. The number of carbonyl (C=O) groups excluding carboxylic acids is 1. The standard InChI is InChI=1S/C27H26FN3O/c1-19-25(23-9-5-6-10-24(23)29-19)27(32)26(20-7-3-2-4-8-20)31-17-15-30(16-18-31)22-13-11-21(28)12-14-22/h2-14,26,29H,15-18H2,1H3. The van der Waals surface area contributed by atoms with Crippen LogP contribution in [0.2, 0.25) is 0 Å². The lowest BCUT2D eigenvalue weighted by Gasteiger charge is -2.40. The van der Waals surface area contributed by atoms with Gasteiger partial charge < -0.3 is 9.88 Å². The lowest BCUT2D eigenvalue weighted by molar-refractivity contribution is 0.0807. The van der Waals surface area contributed by atoms with Gasteiger partial charge in [-0.3, -0.25) is 9.69 Å². The molecule has 0 aliphatic carbocycles. The number of ketones is 1. The molecule has 1 unspecified atom stereocenters. The predicted molar refractivity (Wildman–Crippen MR) is 127 cm³/mol. The SMILES string of the molecule is Cc1[nH]c2ccccc2c1C(=O)C(c1ccccc1)N1CCN(c2ccc(F)cc2)CC1. The van der Waals surface area contributed by atoms with Crippen molar-refractivity contribution in [1.82, 2.24) is 9.88 Å². The molecule has 1 aromatic heterocycles. The Bertz CT molecular complexity index is 1220. The molecule has 2 heterocycles. The van der Waals surface area contributed by atoms with Crippen molar-refractivity contribution in [3.05, 3.63) is 102 Å².